The molecule has 0 fully saturated rings. The van der Waals surface area contributed by atoms with E-state index in [0.29, 0.717) is 32.1 Å². The van der Waals surface area contributed by atoms with Crippen molar-refractivity contribution in [1.29, 1.82) is 5.41 Å². The van der Waals surface area contributed by atoms with Crippen molar-refractivity contribution in [3.05, 3.63) is 71.6 Å². The number of imide groups is 1. The molecule has 2 aromatic rings. The number of anilines is 1. The summed E-state index contributed by atoms with van der Waals surface area (Å²) < 4.78 is 73.9. The predicted octanol–water partition coefficient (Wildman–Crippen LogP) is 3.26. The summed E-state index contributed by atoms with van der Waals surface area (Å²) in [5.74, 6) is -3.16. The normalized spacial score (nSPS) is 13.4. The lowest BCUT2D eigenvalue weighted by molar-refractivity contribution is -0.137. The molecule has 0 radical (unpaired) electrons. The Bertz CT molecular complexity index is 2410. The first-order valence-corrected chi connectivity index (χ1v) is 19.9. The quantitative estimate of drug-likeness (QED) is 0.0396. The second kappa shape index (κ2) is 16.3. The van der Waals surface area contributed by atoms with Crippen LogP contribution in [0.3, 0.4) is 0 Å². The Kier molecular flexibility index (Phi) is 12.0. The van der Waals surface area contributed by atoms with E-state index in [9.17, 15) is 45.7 Å². The van der Waals surface area contributed by atoms with Crippen molar-refractivity contribution in [2.24, 2.45) is 0 Å². The van der Waals surface area contributed by atoms with Gasteiger partial charge in [-0.2, -0.15) is 4.31 Å². The summed E-state index contributed by atoms with van der Waals surface area (Å²) >= 11 is 0. The average molecular weight is 781 g/mol. The molecule has 0 spiro atoms. The van der Waals surface area contributed by atoms with Gasteiger partial charge in [0.2, 0.25) is 15.9 Å². The third-order valence-electron chi connectivity index (χ3n) is 8.90. The van der Waals surface area contributed by atoms with Crippen LogP contribution in [-0.4, -0.2) is 85.6 Å². The van der Waals surface area contributed by atoms with Crippen LogP contribution in [0, 0.1) is 5.41 Å². The molecule has 54 heavy (non-hydrogen) atoms. The maximum absolute atomic E-state index is 14.6. The summed E-state index contributed by atoms with van der Waals surface area (Å²) in [5, 5.41) is 20.3. The molecule has 16 nitrogen and oxygen atoms in total. The molecule has 0 aromatic heterocycles. The van der Waals surface area contributed by atoms with Gasteiger partial charge in [0, 0.05) is 61.3 Å². The lowest BCUT2D eigenvalue weighted by Gasteiger charge is -2.25. The van der Waals surface area contributed by atoms with Crippen molar-refractivity contribution >= 4 is 60.5 Å². The van der Waals surface area contributed by atoms with E-state index < -0.39 is 64.4 Å². The largest absolute Gasteiger partial charge is 0.744 e. The van der Waals surface area contributed by atoms with Crippen molar-refractivity contribution in [2.75, 3.05) is 31.9 Å². The van der Waals surface area contributed by atoms with Crippen molar-refractivity contribution in [2.45, 2.75) is 55.2 Å². The average Bonchev–Trinajstić information content (AvgIpc) is 3.43. The Morgan fingerprint density at radius 1 is 0.926 bits per heavy atom. The number of aromatic carboxylic acids is 1. The second-order valence-corrected chi connectivity index (χ2v) is 15.7. The molecule has 2 heterocycles. The maximum atomic E-state index is 14.6. The van der Waals surface area contributed by atoms with Gasteiger partial charge in [-0.05, 0) is 55.2 Å². The monoisotopic (exact) mass is 780 g/mol. The fraction of sp³-hybridized carbons (Fsp3) is 0.306. The smallest absolute Gasteiger partial charge is 0.336 e. The highest BCUT2D eigenvalue weighted by Crippen LogP contribution is 2.46. The van der Waals surface area contributed by atoms with Crippen LogP contribution < -0.4 is 16.4 Å². The minimum Gasteiger partial charge on any atom is -0.744 e. The lowest BCUT2D eigenvalue weighted by atomic mass is 9.90. The fourth-order valence-electron chi connectivity index (χ4n) is 6.29. The van der Waals surface area contributed by atoms with E-state index in [4.69, 9.17) is 15.6 Å². The molecule has 18 heteroatoms. The number of fused-ring (bicyclic) bond motifs is 2. The van der Waals surface area contributed by atoms with Crippen LogP contribution in [-0.2, 0) is 34.5 Å². The van der Waals surface area contributed by atoms with E-state index in [-0.39, 0.29) is 71.8 Å². The number of nitrogens with one attached hydrogen (secondary N) is 2. The number of sulfonamides is 1. The van der Waals surface area contributed by atoms with Crippen LogP contribution in [0.25, 0.3) is 33.4 Å². The Balaban J connectivity index is 1.49. The van der Waals surface area contributed by atoms with Gasteiger partial charge in [-0.15, -0.1) is 0 Å². The van der Waals surface area contributed by atoms with E-state index in [1.54, 1.807) is 0 Å². The number of hydrogen-bond acceptors (Lipinski definition) is 12. The van der Waals surface area contributed by atoms with Crippen molar-refractivity contribution < 1.29 is 50.1 Å². The molecule has 2 aromatic carbocycles. The van der Waals surface area contributed by atoms with Gasteiger partial charge in [-0.1, -0.05) is 38.0 Å². The number of carbonyl (C=O) groups excluding carboxylic acids is 3. The Morgan fingerprint density at radius 3 is 2.28 bits per heavy atom. The van der Waals surface area contributed by atoms with Crippen LogP contribution in [0.4, 0.5) is 5.69 Å². The third-order valence-corrected chi connectivity index (χ3v) is 11.8. The number of carboxylic acid groups (broad SMARTS) is 1. The second-order valence-electron chi connectivity index (χ2n) is 12.5. The van der Waals surface area contributed by atoms with Gasteiger partial charge in [-0.25, -0.2) is 21.6 Å². The highest BCUT2D eigenvalue weighted by molar-refractivity contribution is 7.89. The number of unbranched alkanes of at least 4 members (excludes halogenated alkanes) is 3. The van der Waals surface area contributed by atoms with Gasteiger partial charge < -0.3 is 25.1 Å². The molecular formula is C36H38N5O11S2-. The van der Waals surface area contributed by atoms with Gasteiger partial charge in [0.15, 0.2) is 11.3 Å². The van der Waals surface area contributed by atoms with Gasteiger partial charge >= 0.3 is 5.97 Å². The maximum Gasteiger partial charge on any atom is 0.336 e. The molecule has 2 aliphatic heterocycles. The standard InChI is InChI=1S/C36H39N5O11S2/c1-2-3-19-40(20-8-4-5-11-28(42)39-18-21-41-29(43)16-17-30(41)44)53(47,48)34-26(37)14-12-24-31(22-9-6-7-10-23(22)36(45)46)25-13-15-27(38)35(54(49,50)51)33(25)52-32(24)34/h6-7,9-10,12-17,38H,2-5,8,11,18-21,37H2,1H3,(H,39,42)(H,45,46)(H,49,50,51)/p-1. The molecule has 0 bridgehead atoms. The van der Waals surface area contributed by atoms with E-state index in [1.165, 1.54) is 46.8 Å². The fourth-order valence-corrected chi connectivity index (χ4v) is 8.75. The van der Waals surface area contributed by atoms with Crippen LogP contribution in [0.2, 0.25) is 0 Å². The zero-order chi connectivity index (χ0) is 39.4. The first-order chi connectivity index (χ1) is 25.6. The summed E-state index contributed by atoms with van der Waals surface area (Å²) in [4.78, 5) is 47.5. The number of carbonyl (C=O) groups is 4. The zero-order valence-corrected chi connectivity index (χ0v) is 30.8. The number of amides is 3. The predicted molar refractivity (Wildman–Crippen MR) is 194 cm³/mol. The lowest BCUT2D eigenvalue weighted by Crippen LogP contribution is -2.38. The Labute approximate surface area is 310 Å². The van der Waals surface area contributed by atoms with Crippen LogP contribution in [0.1, 0.15) is 55.8 Å². The topological polar surface area (TPSA) is 261 Å². The highest BCUT2D eigenvalue weighted by Gasteiger charge is 2.33. The number of nitrogens with zero attached hydrogens (tertiary/aromatic N) is 2. The summed E-state index contributed by atoms with van der Waals surface area (Å²) in [6, 6.07) is 10.9. The number of carboxylic acids is 1. The molecule has 0 saturated heterocycles. The molecule has 286 valence electrons. The SMILES string of the molecule is CCCCN(CCCCCC(=O)NCCN1C(=O)C=CC1=O)S(=O)(=O)c1c(N)ccc2c(-c3ccccc3C(=O)O)c3ccc(=N)c(S(=O)(=O)[O-])c-3oc12. The minimum atomic E-state index is -5.38. The highest BCUT2D eigenvalue weighted by atomic mass is 32.2. The molecule has 3 amide bonds. The molecular weight excluding hydrogens is 743 g/mol. The summed E-state index contributed by atoms with van der Waals surface area (Å²) in [5.41, 5.74) is 5.52. The summed E-state index contributed by atoms with van der Waals surface area (Å²) in [6.45, 7) is 2.07. The molecule has 5 N–H and O–H groups in total. The first kappa shape index (κ1) is 39.8. The number of nitrogens with two attached hydrogens (primary N) is 1. The van der Waals surface area contributed by atoms with E-state index in [2.05, 4.69) is 5.32 Å². The van der Waals surface area contributed by atoms with E-state index >= 15 is 0 Å². The molecule has 3 aliphatic rings. The minimum absolute atomic E-state index is 0.00526. The molecule has 1 aliphatic carbocycles. The van der Waals surface area contributed by atoms with Crippen molar-refractivity contribution in [1.82, 2.24) is 14.5 Å². The Morgan fingerprint density at radius 2 is 1.61 bits per heavy atom. The van der Waals surface area contributed by atoms with E-state index in [1.807, 2.05) is 6.92 Å². The third kappa shape index (κ3) is 8.20. The number of hydrogen-bond donors (Lipinski definition) is 4. The first-order valence-electron chi connectivity index (χ1n) is 17.0. The van der Waals surface area contributed by atoms with Crippen LogP contribution in [0.5, 0.6) is 0 Å². The summed E-state index contributed by atoms with van der Waals surface area (Å²) in [6.07, 6.45) is 4.71. The van der Waals surface area contributed by atoms with Crippen molar-refractivity contribution in [3.63, 3.8) is 0 Å². The number of benzene rings is 3. The Hall–Kier alpha value is -5.43. The van der Waals surface area contributed by atoms with Crippen molar-refractivity contribution in [3.8, 4) is 22.5 Å². The van der Waals surface area contributed by atoms with Gasteiger partial charge in [0.1, 0.15) is 19.9 Å². The molecule has 0 unspecified atom stereocenters. The summed E-state index contributed by atoms with van der Waals surface area (Å²) in [7, 11) is -9.91. The number of nitrogen functional groups attached to an aromatic ring is 1. The van der Waals surface area contributed by atoms with Gasteiger partial charge in [-0.3, -0.25) is 24.7 Å². The van der Waals surface area contributed by atoms with E-state index in [0.717, 1.165) is 23.1 Å². The molecule has 5 rings (SSSR count). The van der Waals surface area contributed by atoms with Crippen LogP contribution in [0.15, 0.2) is 74.9 Å². The zero-order valence-electron chi connectivity index (χ0n) is 29.2. The van der Waals surface area contributed by atoms with Gasteiger partial charge in [0.25, 0.3) is 11.8 Å². The van der Waals surface area contributed by atoms with Crippen LogP contribution >= 0.6 is 0 Å². The molecule has 0 atom stereocenters. The van der Waals surface area contributed by atoms with Gasteiger partial charge in [0.05, 0.1) is 16.6 Å². The number of rotatable bonds is 17. The molecule has 0 saturated carbocycles.